The van der Waals surface area contributed by atoms with Gasteiger partial charge in [-0.25, -0.2) is 4.39 Å². The van der Waals surface area contributed by atoms with E-state index < -0.39 is 0 Å². The summed E-state index contributed by atoms with van der Waals surface area (Å²) in [4.78, 5) is 12.7. The van der Waals surface area contributed by atoms with Crippen LogP contribution in [0.1, 0.15) is 10.4 Å². The first-order valence-electron chi connectivity index (χ1n) is 5.14. The fourth-order valence-corrected chi connectivity index (χ4v) is 2.67. The average Bonchev–Trinajstić information content (AvgIpc) is 2.67. The fourth-order valence-electron chi connectivity index (χ4n) is 1.56. The molecule has 0 N–H and O–H groups in total. The number of thiophene rings is 1. The van der Waals surface area contributed by atoms with E-state index >= 15 is 0 Å². The quantitative estimate of drug-likeness (QED) is 0.822. The van der Waals surface area contributed by atoms with E-state index in [9.17, 15) is 9.18 Å². The molecule has 88 valence electrons. The number of hydrogen-bond acceptors (Lipinski definition) is 2. The molecule has 1 heterocycles. The number of carbonyl (C=O) groups excluding carboxylic acids is 1. The van der Waals surface area contributed by atoms with Gasteiger partial charge < -0.3 is 0 Å². The van der Waals surface area contributed by atoms with Gasteiger partial charge in [-0.15, -0.1) is 11.3 Å². The molecule has 0 amide bonds. The maximum atomic E-state index is 13.3. The minimum absolute atomic E-state index is 0.00591. The van der Waals surface area contributed by atoms with Crippen molar-refractivity contribution in [2.75, 3.05) is 0 Å². The topological polar surface area (TPSA) is 17.1 Å². The van der Waals surface area contributed by atoms with Crippen molar-refractivity contribution < 1.29 is 9.18 Å². The summed E-state index contributed by atoms with van der Waals surface area (Å²) in [5.41, 5.74) is 0.445. The third-order valence-electron chi connectivity index (χ3n) is 2.35. The highest BCUT2D eigenvalue weighted by Gasteiger charge is 2.09. The van der Waals surface area contributed by atoms with Gasteiger partial charge >= 0.3 is 0 Å². The molecule has 0 radical (unpaired) electrons. The molecule has 1 aromatic heterocycles. The molecule has 1 aromatic carbocycles. The Labute approximate surface area is 108 Å². The molecule has 0 saturated carbocycles. The molecule has 4 heteroatoms. The van der Waals surface area contributed by atoms with E-state index in [1.165, 1.54) is 17.4 Å². The maximum absolute atomic E-state index is 13.3. The first kappa shape index (κ1) is 12.3. The average molecular weight is 269 g/mol. The van der Waals surface area contributed by atoms with Gasteiger partial charge in [0.25, 0.3) is 0 Å². The van der Waals surface area contributed by atoms with Crippen LogP contribution in [0.15, 0.2) is 36.4 Å². The summed E-state index contributed by atoms with van der Waals surface area (Å²) < 4.78 is 14.0. The third kappa shape index (κ3) is 3.38. The van der Waals surface area contributed by atoms with Crippen LogP contribution in [0.4, 0.5) is 4.39 Å². The van der Waals surface area contributed by atoms with Crippen molar-refractivity contribution in [2.45, 2.75) is 12.8 Å². The van der Waals surface area contributed by atoms with E-state index in [0.717, 1.165) is 4.88 Å². The van der Waals surface area contributed by atoms with Crippen LogP contribution >= 0.6 is 22.9 Å². The summed E-state index contributed by atoms with van der Waals surface area (Å²) in [6.45, 7) is 0. The van der Waals surface area contributed by atoms with E-state index in [2.05, 4.69) is 0 Å². The predicted octanol–water partition coefficient (Wildman–Crippen LogP) is 3.89. The highest BCUT2D eigenvalue weighted by Crippen LogP contribution is 2.22. The maximum Gasteiger partial charge on any atom is 0.142 e. The van der Waals surface area contributed by atoms with Crippen LogP contribution in [0, 0.1) is 5.82 Å². The van der Waals surface area contributed by atoms with Gasteiger partial charge in [0.05, 0.1) is 4.34 Å². The van der Waals surface area contributed by atoms with Crippen molar-refractivity contribution in [3.8, 4) is 0 Å². The van der Waals surface area contributed by atoms with E-state index in [4.69, 9.17) is 11.6 Å². The molecule has 0 aliphatic rings. The third-order valence-corrected chi connectivity index (χ3v) is 3.58. The van der Waals surface area contributed by atoms with Gasteiger partial charge in [-0.1, -0.05) is 29.8 Å². The van der Waals surface area contributed by atoms with E-state index in [-0.39, 0.29) is 18.0 Å². The summed E-state index contributed by atoms with van der Waals surface area (Å²) in [7, 11) is 0. The van der Waals surface area contributed by atoms with Crippen LogP contribution in [0.5, 0.6) is 0 Å². The normalized spacial score (nSPS) is 10.5. The summed E-state index contributed by atoms with van der Waals surface area (Å²) in [6.07, 6.45) is 0.438. The number of hydrogen-bond donors (Lipinski definition) is 0. The van der Waals surface area contributed by atoms with Crippen LogP contribution < -0.4 is 0 Å². The molecule has 0 saturated heterocycles. The Morgan fingerprint density at radius 1 is 1.18 bits per heavy atom. The van der Waals surface area contributed by atoms with Crippen molar-refractivity contribution in [1.29, 1.82) is 0 Å². The minimum atomic E-state index is -0.329. The fraction of sp³-hybridized carbons (Fsp3) is 0.154. The second kappa shape index (κ2) is 5.43. The highest BCUT2D eigenvalue weighted by molar-refractivity contribution is 7.16. The number of ketones is 1. The molecule has 0 unspecified atom stereocenters. The number of halogens is 2. The number of Topliss-reactive ketones (excluding diaryl/α,β-unsaturated/α-hetero) is 1. The van der Waals surface area contributed by atoms with Gasteiger partial charge in [0.1, 0.15) is 11.6 Å². The lowest BCUT2D eigenvalue weighted by molar-refractivity contribution is -0.117. The van der Waals surface area contributed by atoms with Crippen LogP contribution in [-0.4, -0.2) is 5.78 Å². The summed E-state index contributed by atoms with van der Waals surface area (Å²) in [5, 5.41) is 0. The highest BCUT2D eigenvalue weighted by atomic mass is 35.5. The number of rotatable bonds is 4. The Bertz CT molecular complexity index is 536. The lowest BCUT2D eigenvalue weighted by atomic mass is 10.1. The molecule has 17 heavy (non-hydrogen) atoms. The Morgan fingerprint density at radius 3 is 2.59 bits per heavy atom. The summed E-state index contributed by atoms with van der Waals surface area (Å²) >= 11 is 7.16. The zero-order valence-electron chi connectivity index (χ0n) is 8.95. The van der Waals surface area contributed by atoms with Gasteiger partial charge in [0, 0.05) is 17.7 Å². The van der Waals surface area contributed by atoms with E-state index in [1.54, 1.807) is 24.3 Å². The first-order valence-corrected chi connectivity index (χ1v) is 6.34. The van der Waals surface area contributed by atoms with Crippen molar-refractivity contribution >= 4 is 28.7 Å². The summed E-state index contributed by atoms with van der Waals surface area (Å²) in [5.74, 6) is -0.335. The molecule has 1 nitrogen and oxygen atoms in total. The van der Waals surface area contributed by atoms with Crippen molar-refractivity contribution in [3.63, 3.8) is 0 Å². The standard InChI is InChI=1S/C13H10ClFOS/c14-13-6-5-11(17-13)8-10(16)7-9-3-1-2-4-12(9)15/h1-6H,7-8H2. The second-order valence-corrected chi connectivity index (χ2v) is 5.49. The number of carbonyl (C=O) groups is 1. The van der Waals surface area contributed by atoms with Gasteiger partial charge in [0.2, 0.25) is 0 Å². The molecule has 0 atom stereocenters. The molecule has 2 rings (SSSR count). The van der Waals surface area contributed by atoms with Gasteiger partial charge in [-0.05, 0) is 23.8 Å². The van der Waals surface area contributed by atoms with Crippen LogP contribution in [0.3, 0.4) is 0 Å². The summed E-state index contributed by atoms with van der Waals surface area (Å²) in [6, 6.07) is 9.93. The molecule has 2 aromatic rings. The first-order chi connectivity index (χ1) is 8.15. The molecule has 0 fully saturated rings. The lowest BCUT2D eigenvalue weighted by Gasteiger charge is -2.01. The number of benzene rings is 1. The molecule has 0 bridgehead atoms. The Hall–Kier alpha value is -1.19. The Morgan fingerprint density at radius 2 is 1.94 bits per heavy atom. The van der Waals surface area contributed by atoms with Crippen molar-refractivity contribution in [3.05, 3.63) is 57.0 Å². The lowest BCUT2D eigenvalue weighted by Crippen LogP contribution is -2.06. The predicted molar refractivity (Wildman–Crippen MR) is 68.1 cm³/mol. The van der Waals surface area contributed by atoms with Crippen LogP contribution in [0.25, 0.3) is 0 Å². The Balaban J connectivity index is 2.01. The van der Waals surface area contributed by atoms with E-state index in [1.807, 2.05) is 6.07 Å². The zero-order chi connectivity index (χ0) is 12.3. The smallest absolute Gasteiger partial charge is 0.142 e. The van der Waals surface area contributed by atoms with Crippen molar-refractivity contribution in [2.24, 2.45) is 0 Å². The monoisotopic (exact) mass is 268 g/mol. The minimum Gasteiger partial charge on any atom is -0.299 e. The van der Waals surface area contributed by atoms with Crippen LogP contribution in [-0.2, 0) is 17.6 Å². The van der Waals surface area contributed by atoms with Gasteiger partial charge in [-0.2, -0.15) is 0 Å². The van der Waals surface area contributed by atoms with Crippen molar-refractivity contribution in [1.82, 2.24) is 0 Å². The molecule has 0 aliphatic carbocycles. The zero-order valence-corrected chi connectivity index (χ0v) is 10.5. The van der Waals surface area contributed by atoms with Gasteiger partial charge in [0.15, 0.2) is 0 Å². The molecule has 0 spiro atoms. The molecular formula is C13H10ClFOS. The van der Waals surface area contributed by atoms with Crippen LogP contribution in [0.2, 0.25) is 4.34 Å². The SMILES string of the molecule is O=C(Cc1ccc(Cl)s1)Cc1ccccc1F. The molecule has 0 aliphatic heterocycles. The van der Waals surface area contributed by atoms with E-state index in [0.29, 0.717) is 16.3 Å². The largest absolute Gasteiger partial charge is 0.299 e. The Kier molecular flexibility index (Phi) is 3.92. The van der Waals surface area contributed by atoms with Gasteiger partial charge in [-0.3, -0.25) is 4.79 Å². The molecular weight excluding hydrogens is 259 g/mol. The second-order valence-electron chi connectivity index (χ2n) is 3.69.